The van der Waals surface area contributed by atoms with E-state index in [0.29, 0.717) is 18.7 Å². The van der Waals surface area contributed by atoms with Gasteiger partial charge >= 0.3 is 0 Å². The molecule has 0 aliphatic rings. The van der Waals surface area contributed by atoms with E-state index < -0.39 is 0 Å². The van der Waals surface area contributed by atoms with Crippen LogP contribution in [0.25, 0.3) is 5.65 Å². The van der Waals surface area contributed by atoms with Crippen LogP contribution in [0.1, 0.15) is 34.3 Å². The second kappa shape index (κ2) is 9.20. The summed E-state index contributed by atoms with van der Waals surface area (Å²) in [6.07, 6.45) is 3.44. The Balaban J connectivity index is 1.56. The number of imidazole rings is 1. The zero-order chi connectivity index (χ0) is 23.5. The van der Waals surface area contributed by atoms with E-state index in [9.17, 15) is 9.59 Å². The van der Waals surface area contributed by atoms with Gasteiger partial charge in [-0.05, 0) is 48.9 Å². The van der Waals surface area contributed by atoms with Gasteiger partial charge in [-0.1, -0.05) is 12.1 Å². The van der Waals surface area contributed by atoms with Gasteiger partial charge in [0.05, 0.1) is 24.1 Å². The Hall–Kier alpha value is -4.07. The first-order valence-corrected chi connectivity index (χ1v) is 10.7. The van der Waals surface area contributed by atoms with Gasteiger partial charge in [-0.25, -0.2) is 4.98 Å². The lowest BCUT2D eigenvalue weighted by atomic mass is 10.2. The lowest BCUT2D eigenvalue weighted by molar-refractivity contribution is -0.114. The molecule has 0 atom stereocenters. The van der Waals surface area contributed by atoms with Crippen LogP contribution in [0.4, 0.5) is 11.5 Å². The third kappa shape index (κ3) is 4.90. The molecule has 4 rings (SSSR count). The van der Waals surface area contributed by atoms with Gasteiger partial charge in [-0.2, -0.15) is 0 Å². The fourth-order valence-electron chi connectivity index (χ4n) is 3.91. The van der Waals surface area contributed by atoms with E-state index in [1.165, 1.54) is 6.92 Å². The molecule has 2 amide bonds. The highest BCUT2D eigenvalue weighted by molar-refractivity contribution is 5.94. The number of fused-ring (bicyclic) bond motifs is 1. The molecule has 3 heterocycles. The summed E-state index contributed by atoms with van der Waals surface area (Å²) in [6, 6.07) is 15.1. The quantitative estimate of drug-likeness (QED) is 0.463. The topological polar surface area (TPSA) is 83.1 Å². The Bertz CT molecular complexity index is 1280. The molecule has 4 aromatic rings. The van der Waals surface area contributed by atoms with Gasteiger partial charge in [0.2, 0.25) is 5.91 Å². The van der Waals surface area contributed by atoms with E-state index >= 15 is 0 Å². The normalized spacial score (nSPS) is 10.9. The van der Waals surface area contributed by atoms with Crippen molar-refractivity contribution in [3.05, 3.63) is 83.6 Å². The summed E-state index contributed by atoms with van der Waals surface area (Å²) in [4.78, 5) is 32.6. The minimum absolute atomic E-state index is 0.0955. The number of carbonyl (C=O) groups excluding carboxylic acids is 2. The summed E-state index contributed by atoms with van der Waals surface area (Å²) in [6.45, 7) is 4.49. The summed E-state index contributed by atoms with van der Waals surface area (Å²) in [7, 11) is 3.75. The average Bonchev–Trinajstić information content (AvgIpc) is 3.40. The molecule has 0 spiro atoms. The number of benzene rings is 1. The number of carbonyl (C=O) groups is 2. The van der Waals surface area contributed by atoms with Crippen molar-refractivity contribution in [3.63, 3.8) is 0 Å². The van der Waals surface area contributed by atoms with Crippen LogP contribution in [0.5, 0.6) is 0 Å². The first-order chi connectivity index (χ1) is 15.8. The van der Waals surface area contributed by atoms with E-state index in [-0.39, 0.29) is 11.8 Å². The summed E-state index contributed by atoms with van der Waals surface area (Å²) < 4.78 is 7.31. The van der Waals surface area contributed by atoms with Crippen molar-refractivity contribution in [2.45, 2.75) is 26.9 Å². The number of nitrogens with one attached hydrogen (secondary N) is 1. The maximum atomic E-state index is 13.0. The summed E-state index contributed by atoms with van der Waals surface area (Å²) >= 11 is 0. The molecule has 8 nitrogen and oxygen atoms in total. The van der Waals surface area contributed by atoms with Crippen molar-refractivity contribution in [2.24, 2.45) is 0 Å². The van der Waals surface area contributed by atoms with E-state index in [1.54, 1.807) is 24.3 Å². The molecule has 170 valence electrons. The fourth-order valence-corrected chi connectivity index (χ4v) is 3.91. The van der Waals surface area contributed by atoms with Crippen molar-refractivity contribution in [3.8, 4) is 0 Å². The molecule has 8 heteroatoms. The highest BCUT2D eigenvalue weighted by Crippen LogP contribution is 2.24. The van der Waals surface area contributed by atoms with Crippen molar-refractivity contribution in [2.75, 3.05) is 24.3 Å². The average molecular weight is 446 g/mol. The lowest BCUT2D eigenvalue weighted by Crippen LogP contribution is -2.26. The predicted octanol–water partition coefficient (Wildman–Crippen LogP) is 4.10. The van der Waals surface area contributed by atoms with Crippen LogP contribution in [0.2, 0.25) is 0 Å². The number of hydrogen-bond acceptors (Lipinski definition) is 5. The Morgan fingerprint density at radius 2 is 1.82 bits per heavy atom. The van der Waals surface area contributed by atoms with Crippen LogP contribution in [-0.4, -0.2) is 40.2 Å². The van der Waals surface area contributed by atoms with Gasteiger partial charge in [-0.15, -0.1) is 0 Å². The molecule has 0 aliphatic carbocycles. The molecule has 0 aliphatic heterocycles. The number of rotatable bonds is 7. The standard InChI is InChI=1S/C25H27N5O3/c1-17-24(28(3)14-19-7-10-21(11-8-19)27-18(2)31)30-15-20(9-12-23(30)26-17)25(32)29(4)16-22-6-5-13-33-22/h5-13,15H,14,16H2,1-4H3,(H,27,31). The van der Waals surface area contributed by atoms with E-state index in [1.807, 2.05) is 67.0 Å². The molecule has 0 saturated carbocycles. The molecule has 1 N–H and O–H groups in total. The van der Waals surface area contributed by atoms with Crippen LogP contribution in [0.3, 0.4) is 0 Å². The number of amides is 2. The third-order valence-electron chi connectivity index (χ3n) is 5.38. The Kier molecular flexibility index (Phi) is 6.17. The lowest BCUT2D eigenvalue weighted by Gasteiger charge is -2.21. The summed E-state index contributed by atoms with van der Waals surface area (Å²) in [5.74, 6) is 1.46. The third-order valence-corrected chi connectivity index (χ3v) is 5.38. The molecule has 1 aromatic carbocycles. The number of pyridine rings is 1. The van der Waals surface area contributed by atoms with Gasteiger partial charge in [-0.3, -0.25) is 14.0 Å². The molecule has 0 unspecified atom stereocenters. The second-order valence-corrected chi connectivity index (χ2v) is 8.14. The number of anilines is 2. The molecular weight excluding hydrogens is 418 g/mol. The summed E-state index contributed by atoms with van der Waals surface area (Å²) in [5.41, 5.74) is 4.08. The SMILES string of the molecule is CC(=O)Nc1ccc(CN(C)c2c(C)nc3ccc(C(=O)N(C)Cc4ccco4)cn23)cc1. The smallest absolute Gasteiger partial charge is 0.255 e. The molecule has 33 heavy (non-hydrogen) atoms. The number of furan rings is 1. The van der Waals surface area contributed by atoms with Crippen LogP contribution in [0, 0.1) is 6.92 Å². The van der Waals surface area contributed by atoms with Gasteiger partial charge in [0.1, 0.15) is 17.2 Å². The fraction of sp³-hybridized carbons (Fsp3) is 0.240. The second-order valence-electron chi connectivity index (χ2n) is 8.14. The monoisotopic (exact) mass is 445 g/mol. The molecule has 0 radical (unpaired) electrons. The first kappa shape index (κ1) is 22.1. The van der Waals surface area contributed by atoms with Crippen molar-refractivity contribution in [1.82, 2.24) is 14.3 Å². The van der Waals surface area contributed by atoms with Gasteiger partial charge in [0.15, 0.2) is 0 Å². The van der Waals surface area contributed by atoms with Crippen molar-refractivity contribution >= 4 is 29.0 Å². The Morgan fingerprint density at radius 3 is 2.48 bits per heavy atom. The summed E-state index contributed by atoms with van der Waals surface area (Å²) in [5, 5.41) is 2.78. The molecule has 0 saturated heterocycles. The first-order valence-electron chi connectivity index (χ1n) is 10.7. The van der Waals surface area contributed by atoms with Crippen LogP contribution in [0.15, 0.2) is 65.4 Å². The number of hydrogen-bond donors (Lipinski definition) is 1. The van der Waals surface area contributed by atoms with Crippen LogP contribution >= 0.6 is 0 Å². The van der Waals surface area contributed by atoms with Gasteiger partial charge in [0, 0.05) is 39.4 Å². The number of nitrogens with zero attached hydrogens (tertiary/aromatic N) is 4. The van der Waals surface area contributed by atoms with Gasteiger partial charge < -0.3 is 19.5 Å². The molecule has 0 fully saturated rings. The van der Waals surface area contributed by atoms with Gasteiger partial charge in [0.25, 0.3) is 5.91 Å². The van der Waals surface area contributed by atoms with Crippen molar-refractivity contribution < 1.29 is 14.0 Å². The Morgan fingerprint density at radius 1 is 1.06 bits per heavy atom. The minimum atomic E-state index is -0.0959. The zero-order valence-corrected chi connectivity index (χ0v) is 19.2. The molecule has 0 bridgehead atoms. The maximum absolute atomic E-state index is 13.0. The van der Waals surface area contributed by atoms with E-state index in [4.69, 9.17) is 4.42 Å². The largest absolute Gasteiger partial charge is 0.467 e. The zero-order valence-electron chi connectivity index (χ0n) is 19.2. The highest BCUT2D eigenvalue weighted by Gasteiger charge is 2.18. The number of aryl methyl sites for hydroxylation is 1. The van der Waals surface area contributed by atoms with Crippen molar-refractivity contribution in [1.29, 1.82) is 0 Å². The predicted molar refractivity (Wildman–Crippen MR) is 127 cm³/mol. The molecular formula is C25H27N5O3. The van der Waals surface area contributed by atoms with E-state index in [2.05, 4.69) is 15.2 Å². The Labute approximate surface area is 192 Å². The van der Waals surface area contributed by atoms with E-state index in [0.717, 1.165) is 34.2 Å². The van der Waals surface area contributed by atoms with Crippen LogP contribution < -0.4 is 10.2 Å². The number of aromatic nitrogens is 2. The maximum Gasteiger partial charge on any atom is 0.255 e. The van der Waals surface area contributed by atoms with Crippen LogP contribution in [-0.2, 0) is 17.9 Å². The highest BCUT2D eigenvalue weighted by atomic mass is 16.3. The molecule has 3 aromatic heterocycles. The minimum Gasteiger partial charge on any atom is -0.467 e.